The van der Waals surface area contributed by atoms with Crippen LogP contribution in [0.1, 0.15) is 32.6 Å². The molecule has 0 radical (unpaired) electrons. The lowest BCUT2D eigenvalue weighted by atomic mass is 9.79. The zero-order valence-corrected chi connectivity index (χ0v) is 9.00. The number of terminal acetylenes is 1. The van der Waals surface area contributed by atoms with Crippen LogP contribution in [0, 0.1) is 24.2 Å². The lowest BCUT2D eigenvalue weighted by Crippen LogP contribution is -2.36. The van der Waals surface area contributed by atoms with E-state index in [1.165, 1.54) is 25.7 Å². The summed E-state index contributed by atoms with van der Waals surface area (Å²) in [6, 6.07) is 0.149. The average molecular weight is 195 g/mol. The molecule has 0 aromatic rings. The van der Waals surface area contributed by atoms with Crippen molar-refractivity contribution in [1.82, 2.24) is 5.32 Å². The summed E-state index contributed by atoms with van der Waals surface area (Å²) < 4.78 is 0. The maximum atomic E-state index is 9.22. The Morgan fingerprint density at radius 3 is 2.64 bits per heavy atom. The second-order valence-corrected chi connectivity index (χ2v) is 4.28. The van der Waals surface area contributed by atoms with Gasteiger partial charge in [-0.15, -0.1) is 6.42 Å². The van der Waals surface area contributed by atoms with Crippen LogP contribution in [0.5, 0.6) is 0 Å². The van der Waals surface area contributed by atoms with E-state index in [4.69, 9.17) is 6.42 Å². The van der Waals surface area contributed by atoms with E-state index >= 15 is 0 Å². The highest BCUT2D eigenvalue weighted by molar-refractivity contribution is 4.96. The highest BCUT2D eigenvalue weighted by Gasteiger charge is 2.24. The smallest absolute Gasteiger partial charge is 0.0658 e. The normalized spacial score (nSPS) is 29.5. The van der Waals surface area contributed by atoms with E-state index in [1.807, 2.05) is 6.92 Å². The van der Waals surface area contributed by atoms with Crippen LogP contribution in [0.25, 0.3) is 0 Å². The van der Waals surface area contributed by atoms with Gasteiger partial charge in [0.05, 0.1) is 6.04 Å². The third kappa shape index (κ3) is 3.32. The number of aliphatic hydroxyl groups is 1. The molecule has 1 aliphatic rings. The maximum absolute atomic E-state index is 9.22. The summed E-state index contributed by atoms with van der Waals surface area (Å²) in [6.07, 6.45) is 10.3. The summed E-state index contributed by atoms with van der Waals surface area (Å²) in [4.78, 5) is 0. The predicted octanol–water partition coefficient (Wildman–Crippen LogP) is 1.40. The molecule has 2 heteroatoms. The molecule has 1 saturated carbocycles. The maximum Gasteiger partial charge on any atom is 0.0658 e. The van der Waals surface area contributed by atoms with Gasteiger partial charge in [-0.25, -0.2) is 0 Å². The summed E-state index contributed by atoms with van der Waals surface area (Å²) in [6.45, 7) is 3.28. The SMILES string of the molecule is C#CC(C)NCC1CCCCC1CO. The number of nitrogens with one attached hydrogen (secondary N) is 1. The Morgan fingerprint density at radius 2 is 2.07 bits per heavy atom. The van der Waals surface area contributed by atoms with E-state index in [-0.39, 0.29) is 6.04 Å². The first kappa shape index (κ1) is 11.6. The summed E-state index contributed by atoms with van der Waals surface area (Å²) >= 11 is 0. The third-order valence-corrected chi connectivity index (χ3v) is 3.24. The lowest BCUT2D eigenvalue weighted by Gasteiger charge is -2.30. The second kappa shape index (κ2) is 6.06. The molecule has 0 aromatic heterocycles. The third-order valence-electron chi connectivity index (χ3n) is 3.24. The van der Waals surface area contributed by atoms with Crippen molar-refractivity contribution in [3.8, 4) is 12.3 Å². The largest absolute Gasteiger partial charge is 0.396 e. The molecule has 0 saturated heterocycles. The van der Waals surface area contributed by atoms with E-state index < -0.39 is 0 Å². The molecule has 0 amide bonds. The molecule has 0 bridgehead atoms. The van der Waals surface area contributed by atoms with Crippen molar-refractivity contribution >= 4 is 0 Å². The Hall–Kier alpha value is -0.520. The molecule has 1 fully saturated rings. The Labute approximate surface area is 87.1 Å². The molecule has 80 valence electrons. The fourth-order valence-corrected chi connectivity index (χ4v) is 2.18. The fraction of sp³-hybridized carbons (Fsp3) is 0.833. The van der Waals surface area contributed by atoms with Gasteiger partial charge in [0.15, 0.2) is 0 Å². The van der Waals surface area contributed by atoms with Crippen molar-refractivity contribution in [3.05, 3.63) is 0 Å². The Morgan fingerprint density at radius 1 is 1.43 bits per heavy atom. The molecular formula is C12H21NO. The van der Waals surface area contributed by atoms with Crippen molar-refractivity contribution in [2.75, 3.05) is 13.2 Å². The summed E-state index contributed by atoms with van der Waals surface area (Å²) in [5, 5.41) is 12.5. The highest BCUT2D eigenvalue weighted by Crippen LogP contribution is 2.29. The van der Waals surface area contributed by atoms with Gasteiger partial charge in [-0.05, 0) is 38.1 Å². The van der Waals surface area contributed by atoms with Gasteiger partial charge in [-0.3, -0.25) is 0 Å². The molecule has 2 nitrogen and oxygen atoms in total. The second-order valence-electron chi connectivity index (χ2n) is 4.28. The molecule has 2 N–H and O–H groups in total. The molecule has 0 heterocycles. The first-order valence-corrected chi connectivity index (χ1v) is 5.58. The van der Waals surface area contributed by atoms with Crippen molar-refractivity contribution in [1.29, 1.82) is 0 Å². The number of hydrogen-bond donors (Lipinski definition) is 2. The first-order chi connectivity index (χ1) is 6.77. The molecule has 0 spiro atoms. The predicted molar refractivity (Wildman–Crippen MR) is 58.8 cm³/mol. The number of rotatable bonds is 4. The standard InChI is InChI=1S/C12H21NO/c1-3-10(2)13-8-11-6-4-5-7-12(11)9-14/h1,10-14H,4-9H2,2H3. The topological polar surface area (TPSA) is 32.3 Å². The van der Waals surface area contributed by atoms with Gasteiger partial charge in [0.1, 0.15) is 0 Å². The Bertz CT molecular complexity index is 197. The highest BCUT2D eigenvalue weighted by atomic mass is 16.3. The van der Waals surface area contributed by atoms with Gasteiger partial charge in [0, 0.05) is 6.61 Å². The average Bonchev–Trinajstić information content (AvgIpc) is 2.26. The van der Waals surface area contributed by atoms with Crippen LogP contribution in [-0.4, -0.2) is 24.3 Å². The van der Waals surface area contributed by atoms with Crippen LogP contribution in [-0.2, 0) is 0 Å². The molecule has 14 heavy (non-hydrogen) atoms. The van der Waals surface area contributed by atoms with E-state index in [1.54, 1.807) is 0 Å². The molecule has 0 aromatic carbocycles. The van der Waals surface area contributed by atoms with Crippen LogP contribution < -0.4 is 5.32 Å². The molecule has 3 unspecified atom stereocenters. The number of hydrogen-bond acceptors (Lipinski definition) is 2. The minimum atomic E-state index is 0.149. The first-order valence-electron chi connectivity index (χ1n) is 5.58. The van der Waals surface area contributed by atoms with E-state index in [0.29, 0.717) is 18.4 Å². The van der Waals surface area contributed by atoms with Gasteiger partial charge >= 0.3 is 0 Å². The molecule has 1 aliphatic carbocycles. The van der Waals surface area contributed by atoms with Crippen molar-refractivity contribution < 1.29 is 5.11 Å². The quantitative estimate of drug-likeness (QED) is 0.665. The van der Waals surface area contributed by atoms with Crippen LogP contribution in [0.15, 0.2) is 0 Å². The van der Waals surface area contributed by atoms with E-state index in [0.717, 1.165) is 6.54 Å². The van der Waals surface area contributed by atoms with E-state index in [9.17, 15) is 5.11 Å². The van der Waals surface area contributed by atoms with Gasteiger partial charge in [-0.2, -0.15) is 0 Å². The zero-order valence-electron chi connectivity index (χ0n) is 9.00. The Balaban J connectivity index is 2.30. The summed E-state index contributed by atoms with van der Waals surface area (Å²) in [7, 11) is 0. The van der Waals surface area contributed by atoms with Crippen LogP contribution in [0.4, 0.5) is 0 Å². The molecule has 1 rings (SSSR count). The minimum absolute atomic E-state index is 0.149. The van der Waals surface area contributed by atoms with E-state index in [2.05, 4.69) is 11.2 Å². The monoisotopic (exact) mass is 195 g/mol. The molecule has 0 aliphatic heterocycles. The van der Waals surface area contributed by atoms with Crippen LogP contribution in [0.3, 0.4) is 0 Å². The van der Waals surface area contributed by atoms with Crippen molar-refractivity contribution in [3.63, 3.8) is 0 Å². The number of aliphatic hydroxyl groups excluding tert-OH is 1. The minimum Gasteiger partial charge on any atom is -0.396 e. The molecular weight excluding hydrogens is 174 g/mol. The van der Waals surface area contributed by atoms with Gasteiger partial charge in [-0.1, -0.05) is 18.8 Å². The van der Waals surface area contributed by atoms with Crippen LogP contribution >= 0.6 is 0 Å². The van der Waals surface area contributed by atoms with Crippen molar-refractivity contribution in [2.45, 2.75) is 38.6 Å². The fourth-order valence-electron chi connectivity index (χ4n) is 2.18. The van der Waals surface area contributed by atoms with Gasteiger partial charge in [0.25, 0.3) is 0 Å². The molecule has 3 atom stereocenters. The summed E-state index contributed by atoms with van der Waals surface area (Å²) in [5.74, 6) is 3.77. The van der Waals surface area contributed by atoms with Gasteiger partial charge in [0.2, 0.25) is 0 Å². The lowest BCUT2D eigenvalue weighted by molar-refractivity contribution is 0.132. The summed E-state index contributed by atoms with van der Waals surface area (Å²) in [5.41, 5.74) is 0. The van der Waals surface area contributed by atoms with Gasteiger partial charge < -0.3 is 10.4 Å². The van der Waals surface area contributed by atoms with Crippen LogP contribution in [0.2, 0.25) is 0 Å². The zero-order chi connectivity index (χ0) is 10.4. The van der Waals surface area contributed by atoms with Crippen molar-refractivity contribution in [2.24, 2.45) is 11.8 Å². The Kier molecular flexibility index (Phi) is 5.00.